The second kappa shape index (κ2) is 43.7. The third kappa shape index (κ3) is 19.7. The highest BCUT2D eigenvalue weighted by atomic mass is 15.2. The van der Waals surface area contributed by atoms with Crippen molar-refractivity contribution in [3.63, 3.8) is 0 Å². The van der Waals surface area contributed by atoms with Crippen molar-refractivity contribution in [1.29, 1.82) is 0 Å². The Morgan fingerprint density at radius 2 is 0.496 bits per heavy atom. The van der Waals surface area contributed by atoms with Crippen LogP contribution >= 0.6 is 0 Å². The van der Waals surface area contributed by atoms with Crippen molar-refractivity contribution in [3.05, 3.63) is 427 Å². The van der Waals surface area contributed by atoms with E-state index in [-0.39, 0.29) is 10.8 Å². The number of nitrogens with zero attached hydrogens (tertiary/aromatic N) is 4. The molecule has 0 saturated heterocycles. The molecule has 0 bridgehead atoms. The quantitative estimate of drug-likeness (QED) is 0.0279. The smallest absolute Gasteiger partial charge is 0.0465 e. The Morgan fingerprint density at radius 1 is 0.201 bits per heavy atom. The minimum absolute atomic E-state index is 0.0731. The average Bonchev–Trinajstić information content (AvgIpc) is 1.13. The van der Waals surface area contributed by atoms with Crippen LogP contribution in [0.25, 0.3) is 88.3 Å². The summed E-state index contributed by atoms with van der Waals surface area (Å²) in [6, 6.07) is 147. The molecule has 17 aromatic carbocycles. The lowest BCUT2D eigenvalue weighted by molar-refractivity contribution is 0.401. The zero-order valence-corrected chi connectivity index (χ0v) is 82.9. The van der Waals surface area contributed by atoms with Gasteiger partial charge in [-0.15, -0.1) is 0 Å². The largest absolute Gasteiger partial charge is 0.345 e. The van der Waals surface area contributed by atoms with Gasteiger partial charge in [-0.25, -0.2) is 0 Å². The molecule has 698 valence electrons. The monoisotopic (exact) mass is 1820 g/mol. The van der Waals surface area contributed by atoms with Crippen LogP contribution in [0.5, 0.6) is 0 Å². The van der Waals surface area contributed by atoms with E-state index in [1.54, 1.807) is 11.1 Å². The molecule has 3 aliphatic rings. The van der Waals surface area contributed by atoms with E-state index in [0.29, 0.717) is 0 Å². The number of fused-ring (bicyclic) bond motifs is 9. The highest BCUT2D eigenvalue weighted by Crippen LogP contribution is 2.59. The number of unbranched alkanes of at least 4 members (excludes halogenated alkanes) is 17. The second-order valence-corrected chi connectivity index (χ2v) is 40.2. The molecular weight excluding hydrogens is 1680 g/mol. The maximum absolute atomic E-state index is 2.62. The number of benzene rings is 17. The van der Waals surface area contributed by atoms with Crippen LogP contribution in [-0.2, 0) is 36.5 Å². The Balaban J connectivity index is 0.624. The molecule has 0 amide bonds. The Bertz CT molecular complexity index is 6840. The first-order valence-electron chi connectivity index (χ1n) is 53.2. The first kappa shape index (κ1) is 93.1. The molecular formula is C135H138N4. The van der Waals surface area contributed by atoms with E-state index in [1.807, 2.05) is 0 Å². The van der Waals surface area contributed by atoms with Crippen LogP contribution in [0.3, 0.4) is 0 Å². The summed E-state index contributed by atoms with van der Waals surface area (Å²) in [4.78, 5) is 9.77. The molecule has 0 fully saturated rings. The molecule has 0 atom stereocenters. The van der Waals surface area contributed by atoms with Gasteiger partial charge in [0.15, 0.2) is 0 Å². The second-order valence-electron chi connectivity index (χ2n) is 40.2. The van der Waals surface area contributed by atoms with Crippen molar-refractivity contribution in [2.45, 2.75) is 231 Å². The third-order valence-corrected chi connectivity index (χ3v) is 31.3. The number of para-hydroxylation sites is 2. The molecule has 0 N–H and O–H groups in total. The minimum atomic E-state index is -0.0764. The lowest BCUT2D eigenvalue weighted by atomic mass is 9.70. The highest BCUT2D eigenvalue weighted by Gasteiger charge is 2.45. The van der Waals surface area contributed by atoms with Crippen LogP contribution in [0.1, 0.15) is 239 Å². The summed E-state index contributed by atoms with van der Waals surface area (Å²) >= 11 is 0. The summed E-state index contributed by atoms with van der Waals surface area (Å²) in [6.45, 7) is 9.38. The predicted molar refractivity (Wildman–Crippen MR) is 598 cm³/mol. The Hall–Kier alpha value is -13.5. The molecule has 0 unspecified atom stereocenters. The van der Waals surface area contributed by atoms with E-state index in [1.165, 1.54) is 305 Å². The zero-order valence-electron chi connectivity index (χ0n) is 82.9. The fourth-order valence-corrected chi connectivity index (χ4v) is 23.8. The molecule has 139 heavy (non-hydrogen) atoms. The van der Waals surface area contributed by atoms with Gasteiger partial charge in [0.05, 0.1) is 0 Å². The van der Waals surface area contributed by atoms with E-state index >= 15 is 0 Å². The number of rotatable bonds is 44. The molecule has 20 rings (SSSR count). The van der Waals surface area contributed by atoms with E-state index in [0.717, 1.165) is 71.9 Å². The molecule has 4 nitrogen and oxygen atoms in total. The van der Waals surface area contributed by atoms with Gasteiger partial charge in [-0.2, -0.15) is 0 Å². The van der Waals surface area contributed by atoms with Crippen LogP contribution in [0.2, 0.25) is 0 Å². The lowest BCUT2D eigenvalue weighted by Crippen LogP contribution is -2.26. The maximum Gasteiger partial charge on any atom is 0.0465 e. The molecule has 0 heterocycles. The van der Waals surface area contributed by atoms with E-state index in [9.17, 15) is 0 Å². The summed E-state index contributed by atoms with van der Waals surface area (Å²) in [5.41, 5.74) is 39.9. The normalized spacial score (nSPS) is 12.9. The fourth-order valence-electron chi connectivity index (χ4n) is 23.8. The third-order valence-electron chi connectivity index (χ3n) is 31.3. The lowest BCUT2D eigenvalue weighted by Gasteiger charge is -2.34. The van der Waals surface area contributed by atoms with Crippen LogP contribution in [0.4, 0.5) is 62.6 Å². The number of hydrogen-bond donors (Lipinski definition) is 0. The minimum Gasteiger partial charge on any atom is -0.345 e. The molecule has 0 spiro atoms. The SMILES string of the molecule is CCCCCCC1(CCCCCC)c2ccccc2-c2ccc(N(c3ccc(-c4ccc(N(C)c5cccc(CCCCCCCCc6ccc7c(c6)CC7)c5)cc4)cc3)c3ccc(-c4c5ccccc5c(-c5ccc(N(c6ccc(-c7ccc(N(c8ccccc8)c8ccccc8)cc7)cc6)c6ccc7c(c6)C(CCCCCC)(CCCCCC)c6ccccc6-7)cc5)c5ccccc45)cc3)cc21. The van der Waals surface area contributed by atoms with Gasteiger partial charge in [-0.1, -0.05) is 405 Å². The van der Waals surface area contributed by atoms with Gasteiger partial charge in [0, 0.05) is 80.4 Å². The topological polar surface area (TPSA) is 13.0 Å². The van der Waals surface area contributed by atoms with Crippen LogP contribution < -0.4 is 19.6 Å². The van der Waals surface area contributed by atoms with Crippen molar-refractivity contribution in [2.24, 2.45) is 0 Å². The van der Waals surface area contributed by atoms with Gasteiger partial charge in [0.2, 0.25) is 0 Å². The summed E-state index contributed by atoms with van der Waals surface area (Å²) in [7, 11) is 2.22. The van der Waals surface area contributed by atoms with Crippen molar-refractivity contribution in [3.8, 4) is 66.8 Å². The summed E-state index contributed by atoms with van der Waals surface area (Å²) in [6.07, 6.45) is 37.2. The molecule has 3 aliphatic carbocycles. The van der Waals surface area contributed by atoms with Gasteiger partial charge in [0.1, 0.15) is 0 Å². The fraction of sp³-hybridized carbons (Fsp3) is 0.274. The highest BCUT2D eigenvalue weighted by molar-refractivity contribution is 6.21. The van der Waals surface area contributed by atoms with E-state index < -0.39 is 0 Å². The zero-order chi connectivity index (χ0) is 94.3. The number of anilines is 11. The Labute approximate surface area is 829 Å². The van der Waals surface area contributed by atoms with Crippen LogP contribution in [0, 0.1) is 0 Å². The predicted octanol–water partition coefficient (Wildman–Crippen LogP) is 39.5. The summed E-state index contributed by atoms with van der Waals surface area (Å²) in [5, 5.41) is 4.94. The van der Waals surface area contributed by atoms with Gasteiger partial charge in [-0.3, -0.25) is 0 Å². The Morgan fingerprint density at radius 3 is 0.863 bits per heavy atom. The van der Waals surface area contributed by atoms with Crippen molar-refractivity contribution in [2.75, 3.05) is 26.6 Å². The molecule has 0 aliphatic heterocycles. The van der Waals surface area contributed by atoms with Crippen molar-refractivity contribution < 1.29 is 0 Å². The van der Waals surface area contributed by atoms with E-state index in [4.69, 9.17) is 0 Å². The van der Waals surface area contributed by atoms with Gasteiger partial charge >= 0.3 is 0 Å². The van der Waals surface area contributed by atoms with Crippen molar-refractivity contribution in [1.82, 2.24) is 0 Å². The molecule has 17 aromatic rings. The van der Waals surface area contributed by atoms with Gasteiger partial charge < -0.3 is 19.6 Å². The summed E-state index contributed by atoms with van der Waals surface area (Å²) < 4.78 is 0. The Kier molecular flexibility index (Phi) is 29.2. The summed E-state index contributed by atoms with van der Waals surface area (Å²) in [5.74, 6) is 0. The average molecular weight is 1820 g/mol. The number of aryl methyl sites for hydroxylation is 4. The molecule has 0 aromatic heterocycles. The maximum atomic E-state index is 2.62. The van der Waals surface area contributed by atoms with Crippen LogP contribution in [0.15, 0.2) is 382 Å². The standard InChI is InChI=1S/C135H138N4/c1-6-10-14-38-91-134(92-39-15-11-7-2)128-57-36-34-51-120(128)122-89-87-118(97-130(122)134)138(113-79-67-102(68-80-113)101-63-75-109(76-64-101)136(5)117-50-42-45-99(96-117)43-24-20-18-19-21-25-44-100-59-60-105-61-62-108(105)95-100)115-83-71-106(72-84-115)132-124-53-30-32-55-126(124)133(127-56-33-31-54-125(127)132)107-73-85-116(86-74-107)139(119-88-90-123-121-52-35-37-58-129(121)135(131(123)98-119,93-40-16-12-8-3)94-41-17-13-9-4)114-81-69-104(70-82-114)103-65-77-112(78-66-103)137(110-46-26-22-27-47-110)111-48-28-23-29-49-111/h22-23,26-37,42,45-60,63-90,95-98H,6-21,24-25,38-41,43-44,61-62,91-94H2,1-5H3. The van der Waals surface area contributed by atoms with E-state index in [2.05, 4.69) is 437 Å². The first-order chi connectivity index (χ1) is 68.7. The van der Waals surface area contributed by atoms with Gasteiger partial charge in [0.25, 0.3) is 0 Å². The van der Waals surface area contributed by atoms with Crippen LogP contribution in [-0.4, -0.2) is 7.05 Å². The molecule has 0 radical (unpaired) electrons. The first-order valence-corrected chi connectivity index (χ1v) is 53.2. The van der Waals surface area contributed by atoms with Gasteiger partial charge in [-0.05, 0) is 330 Å². The van der Waals surface area contributed by atoms with Crippen molar-refractivity contribution >= 4 is 84.1 Å². The molecule has 4 heteroatoms. The molecule has 0 saturated carbocycles. The number of hydrogen-bond acceptors (Lipinski definition) is 4.